The highest BCUT2D eigenvalue weighted by Gasteiger charge is 2.25. The van der Waals surface area contributed by atoms with E-state index in [4.69, 9.17) is 18.9 Å². The van der Waals surface area contributed by atoms with E-state index >= 15 is 0 Å². The second kappa shape index (κ2) is 8.55. The number of carbonyl (C=O) groups excluding carboxylic acids is 2. The van der Waals surface area contributed by atoms with E-state index in [1.165, 1.54) is 13.2 Å². The summed E-state index contributed by atoms with van der Waals surface area (Å²) in [6.45, 7) is 2.98. The fourth-order valence-electron chi connectivity index (χ4n) is 2.48. The number of methoxy groups -OCH3 is 1. The van der Waals surface area contributed by atoms with Crippen LogP contribution in [0.2, 0.25) is 0 Å². The first-order valence-corrected chi connectivity index (χ1v) is 8.62. The maximum Gasteiger partial charge on any atom is 0.341 e. The summed E-state index contributed by atoms with van der Waals surface area (Å²) in [4.78, 5) is 24.8. The van der Waals surface area contributed by atoms with Crippen molar-refractivity contribution in [1.82, 2.24) is 0 Å². The van der Waals surface area contributed by atoms with E-state index in [0.717, 1.165) is 0 Å². The van der Waals surface area contributed by atoms with E-state index in [-0.39, 0.29) is 24.2 Å². The Morgan fingerprint density at radius 2 is 1.93 bits per heavy atom. The molecule has 1 unspecified atom stereocenters. The van der Waals surface area contributed by atoms with Gasteiger partial charge >= 0.3 is 5.97 Å². The zero-order valence-corrected chi connectivity index (χ0v) is 15.2. The molecule has 3 rings (SSSR count). The van der Waals surface area contributed by atoms with E-state index in [9.17, 15) is 9.59 Å². The van der Waals surface area contributed by atoms with Crippen molar-refractivity contribution in [2.75, 3.05) is 32.2 Å². The predicted octanol–water partition coefficient (Wildman–Crippen LogP) is 2.90. The van der Waals surface area contributed by atoms with Gasteiger partial charge in [-0.15, -0.1) is 0 Å². The Morgan fingerprint density at radius 1 is 1.15 bits per heavy atom. The number of epoxide rings is 1. The number of anilines is 1. The number of esters is 1. The monoisotopic (exact) mass is 371 g/mol. The highest BCUT2D eigenvalue weighted by molar-refractivity contribution is 6.06. The SMILES string of the molecule is CCOC(=O)c1cc(NC(=O)c2ccccc2OC)ccc1OCC1CO1. The van der Waals surface area contributed by atoms with Crippen LogP contribution < -0.4 is 14.8 Å². The van der Waals surface area contributed by atoms with Crippen LogP contribution in [-0.2, 0) is 9.47 Å². The molecule has 2 aromatic carbocycles. The Balaban J connectivity index is 1.81. The maximum absolute atomic E-state index is 12.6. The summed E-state index contributed by atoms with van der Waals surface area (Å²) in [6.07, 6.45) is 0.0602. The molecule has 0 saturated carbocycles. The van der Waals surface area contributed by atoms with Gasteiger partial charge in [-0.1, -0.05) is 12.1 Å². The molecule has 7 heteroatoms. The van der Waals surface area contributed by atoms with Crippen LogP contribution in [0.3, 0.4) is 0 Å². The van der Waals surface area contributed by atoms with Crippen LogP contribution in [0.4, 0.5) is 5.69 Å². The van der Waals surface area contributed by atoms with Crippen LogP contribution >= 0.6 is 0 Å². The standard InChI is InChI=1S/C20H21NO6/c1-3-25-20(23)16-10-13(8-9-18(16)27-12-14-11-26-14)21-19(22)15-6-4-5-7-17(15)24-2/h4-10,14H,3,11-12H2,1-2H3,(H,21,22). The van der Waals surface area contributed by atoms with E-state index in [2.05, 4.69) is 5.32 Å². The number of ether oxygens (including phenoxy) is 4. The first-order valence-electron chi connectivity index (χ1n) is 8.62. The van der Waals surface area contributed by atoms with Gasteiger partial charge in [-0.2, -0.15) is 0 Å². The van der Waals surface area contributed by atoms with Crippen molar-refractivity contribution in [1.29, 1.82) is 0 Å². The summed E-state index contributed by atoms with van der Waals surface area (Å²) in [6, 6.07) is 11.7. The second-order valence-electron chi connectivity index (χ2n) is 5.85. The molecule has 142 valence electrons. The van der Waals surface area contributed by atoms with Crippen molar-refractivity contribution >= 4 is 17.6 Å². The Kier molecular flexibility index (Phi) is 5.93. The number of benzene rings is 2. The molecule has 1 fully saturated rings. The smallest absolute Gasteiger partial charge is 0.341 e. The lowest BCUT2D eigenvalue weighted by atomic mass is 10.1. The average Bonchev–Trinajstić information content (AvgIpc) is 3.51. The number of nitrogens with one attached hydrogen (secondary N) is 1. The summed E-state index contributed by atoms with van der Waals surface area (Å²) in [5, 5.41) is 2.77. The Hall–Kier alpha value is -3.06. The van der Waals surface area contributed by atoms with Gasteiger partial charge in [0.1, 0.15) is 29.8 Å². The molecule has 1 saturated heterocycles. The molecule has 0 aromatic heterocycles. The molecule has 1 atom stereocenters. The van der Waals surface area contributed by atoms with Gasteiger partial charge in [0.2, 0.25) is 0 Å². The molecule has 1 N–H and O–H groups in total. The van der Waals surface area contributed by atoms with E-state index < -0.39 is 5.97 Å². The van der Waals surface area contributed by atoms with E-state index in [0.29, 0.717) is 36.0 Å². The van der Waals surface area contributed by atoms with Crippen LogP contribution in [0.1, 0.15) is 27.6 Å². The topological polar surface area (TPSA) is 86.4 Å². The van der Waals surface area contributed by atoms with Crippen LogP contribution in [0.5, 0.6) is 11.5 Å². The fourth-order valence-corrected chi connectivity index (χ4v) is 2.48. The molecule has 0 aliphatic carbocycles. The Bertz CT molecular complexity index is 831. The van der Waals surface area contributed by atoms with Crippen molar-refractivity contribution in [3.63, 3.8) is 0 Å². The highest BCUT2D eigenvalue weighted by atomic mass is 16.6. The molecule has 1 amide bonds. The normalized spacial score (nSPS) is 15.0. The number of para-hydroxylation sites is 1. The first-order chi connectivity index (χ1) is 13.1. The van der Waals surface area contributed by atoms with Crippen LogP contribution in [0.25, 0.3) is 0 Å². The molecule has 0 bridgehead atoms. The van der Waals surface area contributed by atoms with E-state index in [1.54, 1.807) is 43.3 Å². The van der Waals surface area contributed by atoms with Crippen molar-refractivity contribution < 1.29 is 28.5 Å². The number of amides is 1. The van der Waals surface area contributed by atoms with Gasteiger partial charge in [0.25, 0.3) is 5.91 Å². The minimum absolute atomic E-state index is 0.0602. The number of hydrogen-bond donors (Lipinski definition) is 1. The number of carbonyl (C=O) groups is 2. The van der Waals surface area contributed by atoms with Gasteiger partial charge in [-0.05, 0) is 37.3 Å². The molecule has 27 heavy (non-hydrogen) atoms. The van der Waals surface area contributed by atoms with Gasteiger partial charge in [-0.25, -0.2) is 4.79 Å². The first kappa shape index (κ1) is 18.7. The van der Waals surface area contributed by atoms with Crippen molar-refractivity contribution in [3.05, 3.63) is 53.6 Å². The molecule has 0 radical (unpaired) electrons. The highest BCUT2D eigenvalue weighted by Crippen LogP contribution is 2.26. The zero-order valence-electron chi connectivity index (χ0n) is 15.2. The second-order valence-corrected chi connectivity index (χ2v) is 5.85. The maximum atomic E-state index is 12.6. The van der Waals surface area contributed by atoms with Gasteiger partial charge in [0.05, 0.1) is 25.9 Å². The summed E-state index contributed by atoms with van der Waals surface area (Å²) in [5.41, 5.74) is 1.09. The van der Waals surface area contributed by atoms with Gasteiger partial charge in [0.15, 0.2) is 0 Å². The molecule has 0 spiro atoms. The molecule has 1 heterocycles. The molecular formula is C20H21NO6. The molecular weight excluding hydrogens is 350 g/mol. The quantitative estimate of drug-likeness (QED) is 0.567. The lowest BCUT2D eigenvalue weighted by molar-refractivity contribution is 0.0521. The summed E-state index contributed by atoms with van der Waals surface area (Å²) in [7, 11) is 1.50. The third-order valence-corrected chi connectivity index (χ3v) is 3.91. The van der Waals surface area contributed by atoms with Crippen molar-refractivity contribution in [3.8, 4) is 11.5 Å². The third kappa shape index (κ3) is 4.77. The van der Waals surface area contributed by atoms with Crippen molar-refractivity contribution in [2.24, 2.45) is 0 Å². The lowest BCUT2D eigenvalue weighted by Crippen LogP contribution is -2.15. The van der Waals surface area contributed by atoms with Crippen molar-refractivity contribution in [2.45, 2.75) is 13.0 Å². The molecule has 2 aromatic rings. The average molecular weight is 371 g/mol. The Morgan fingerprint density at radius 3 is 2.63 bits per heavy atom. The van der Waals surface area contributed by atoms with Gasteiger partial charge in [-0.3, -0.25) is 4.79 Å². The fraction of sp³-hybridized carbons (Fsp3) is 0.300. The van der Waals surface area contributed by atoms with Gasteiger partial charge in [0, 0.05) is 5.69 Å². The minimum atomic E-state index is -0.516. The third-order valence-electron chi connectivity index (χ3n) is 3.91. The van der Waals surface area contributed by atoms with E-state index in [1.807, 2.05) is 0 Å². The summed E-state index contributed by atoms with van der Waals surface area (Å²) in [5.74, 6) is -0.0100. The number of hydrogen-bond acceptors (Lipinski definition) is 6. The minimum Gasteiger partial charge on any atom is -0.496 e. The zero-order chi connectivity index (χ0) is 19.2. The lowest BCUT2D eigenvalue weighted by Gasteiger charge is -2.13. The van der Waals surface area contributed by atoms with Gasteiger partial charge < -0.3 is 24.3 Å². The van der Waals surface area contributed by atoms with Crippen LogP contribution in [0, 0.1) is 0 Å². The molecule has 1 aliphatic rings. The van der Waals surface area contributed by atoms with Crippen LogP contribution in [0.15, 0.2) is 42.5 Å². The molecule has 7 nitrogen and oxygen atoms in total. The molecule has 1 aliphatic heterocycles. The predicted molar refractivity (Wildman–Crippen MR) is 98.6 cm³/mol. The Labute approximate surface area is 157 Å². The van der Waals surface area contributed by atoms with Crippen LogP contribution in [-0.4, -0.2) is 44.9 Å². The number of rotatable bonds is 8. The summed E-state index contributed by atoms with van der Waals surface area (Å²) >= 11 is 0. The largest absolute Gasteiger partial charge is 0.496 e. The summed E-state index contributed by atoms with van der Waals surface area (Å²) < 4.78 is 21.1.